The van der Waals surface area contributed by atoms with Gasteiger partial charge in [0.25, 0.3) is 0 Å². The van der Waals surface area contributed by atoms with E-state index in [9.17, 15) is 4.79 Å². The highest BCUT2D eigenvalue weighted by Gasteiger charge is 1.90. The lowest BCUT2D eigenvalue weighted by Crippen LogP contribution is -1.91. The fraction of sp³-hybridized carbons (Fsp3) is 0.550. The molecule has 0 fully saturated rings. The van der Waals surface area contributed by atoms with Gasteiger partial charge in [-0.3, -0.25) is 4.79 Å². The summed E-state index contributed by atoms with van der Waals surface area (Å²) in [5, 5.41) is 8.40. The van der Waals surface area contributed by atoms with Crippen LogP contribution >= 0.6 is 0 Å². The van der Waals surface area contributed by atoms with E-state index in [-0.39, 0.29) is 6.42 Å². The van der Waals surface area contributed by atoms with Crippen molar-refractivity contribution in [3.05, 3.63) is 0 Å². The molecule has 0 aromatic carbocycles. The quantitative estimate of drug-likeness (QED) is 0.543. The third-order valence-corrected chi connectivity index (χ3v) is 2.71. The van der Waals surface area contributed by atoms with Crippen molar-refractivity contribution in [2.45, 2.75) is 71.1 Å². The van der Waals surface area contributed by atoms with E-state index < -0.39 is 5.97 Å². The first-order chi connectivity index (χ1) is 10.8. The average Bonchev–Trinajstić information content (AvgIpc) is 2.50. The number of hydrogen-bond donors (Lipinski definition) is 1. The van der Waals surface area contributed by atoms with Crippen LogP contribution in [-0.2, 0) is 4.79 Å². The highest BCUT2D eigenvalue weighted by molar-refractivity contribution is 5.67. The fourth-order valence-corrected chi connectivity index (χ4v) is 1.51. The molecule has 0 atom stereocenters. The predicted molar refractivity (Wildman–Crippen MR) is 90.6 cm³/mol. The van der Waals surface area contributed by atoms with E-state index in [1.165, 1.54) is 19.3 Å². The molecule has 0 saturated heterocycles. The second-order valence-corrected chi connectivity index (χ2v) is 4.77. The Bertz CT molecular complexity index is 541. The van der Waals surface area contributed by atoms with Crippen LogP contribution in [0.1, 0.15) is 71.1 Å². The van der Waals surface area contributed by atoms with Gasteiger partial charge in [-0.1, -0.05) is 31.6 Å². The third kappa shape index (κ3) is 17.7. The Balaban J connectivity index is 3.55. The van der Waals surface area contributed by atoms with Crippen molar-refractivity contribution >= 4 is 5.97 Å². The Labute approximate surface area is 135 Å². The molecule has 0 amide bonds. The molecule has 0 aliphatic rings. The van der Waals surface area contributed by atoms with Crippen molar-refractivity contribution in [1.29, 1.82) is 0 Å². The SMILES string of the molecule is CCCCCC#CCCCCC#CC#CC#CCCC(=O)O. The maximum Gasteiger partial charge on any atom is 0.304 e. The normalized spacial score (nSPS) is 8.05. The van der Waals surface area contributed by atoms with Crippen LogP contribution < -0.4 is 0 Å². The number of rotatable bonds is 8. The van der Waals surface area contributed by atoms with E-state index >= 15 is 0 Å². The average molecular weight is 296 g/mol. The first kappa shape index (κ1) is 19.7. The number of carbonyl (C=O) groups is 1. The van der Waals surface area contributed by atoms with Gasteiger partial charge < -0.3 is 5.11 Å². The molecule has 0 aliphatic heterocycles. The Kier molecular flexibility index (Phi) is 15.0. The van der Waals surface area contributed by atoms with Gasteiger partial charge in [0.2, 0.25) is 0 Å². The number of carboxylic acids is 1. The van der Waals surface area contributed by atoms with E-state index in [4.69, 9.17) is 5.11 Å². The molecule has 0 bridgehead atoms. The number of carboxylic acid groups (broad SMARTS) is 1. The largest absolute Gasteiger partial charge is 0.481 e. The molecule has 0 aromatic rings. The molecule has 0 saturated carbocycles. The van der Waals surface area contributed by atoms with Crippen LogP contribution in [0.3, 0.4) is 0 Å². The van der Waals surface area contributed by atoms with Crippen LogP contribution in [0.15, 0.2) is 0 Å². The van der Waals surface area contributed by atoms with Crippen molar-refractivity contribution in [3.8, 4) is 47.4 Å². The van der Waals surface area contributed by atoms with Crippen molar-refractivity contribution in [1.82, 2.24) is 0 Å². The number of aliphatic carboxylic acids is 1. The fourth-order valence-electron chi connectivity index (χ4n) is 1.51. The molecule has 0 spiro atoms. The molecule has 0 heterocycles. The van der Waals surface area contributed by atoms with Gasteiger partial charge in [-0.25, -0.2) is 0 Å². The molecule has 0 aliphatic carbocycles. The molecule has 2 heteroatoms. The number of hydrogen-bond acceptors (Lipinski definition) is 1. The van der Waals surface area contributed by atoms with Crippen LogP contribution in [0, 0.1) is 47.4 Å². The second-order valence-electron chi connectivity index (χ2n) is 4.77. The van der Waals surface area contributed by atoms with E-state index in [2.05, 4.69) is 54.3 Å². The summed E-state index contributed by atoms with van der Waals surface area (Å²) in [4.78, 5) is 10.2. The summed E-state index contributed by atoms with van der Waals surface area (Å²) >= 11 is 0. The highest BCUT2D eigenvalue weighted by atomic mass is 16.4. The van der Waals surface area contributed by atoms with Crippen LogP contribution in [0.5, 0.6) is 0 Å². The van der Waals surface area contributed by atoms with E-state index in [1.54, 1.807) is 0 Å². The van der Waals surface area contributed by atoms with Crippen molar-refractivity contribution in [2.75, 3.05) is 0 Å². The van der Waals surface area contributed by atoms with Crippen molar-refractivity contribution < 1.29 is 9.90 Å². The molecule has 0 radical (unpaired) electrons. The van der Waals surface area contributed by atoms with Gasteiger partial charge in [-0.2, -0.15) is 0 Å². The van der Waals surface area contributed by atoms with Gasteiger partial charge in [-0.05, 0) is 42.9 Å². The zero-order chi connectivity index (χ0) is 16.3. The Morgan fingerprint density at radius 3 is 1.77 bits per heavy atom. The lowest BCUT2D eigenvalue weighted by Gasteiger charge is -1.90. The Morgan fingerprint density at radius 1 is 0.727 bits per heavy atom. The maximum absolute atomic E-state index is 10.2. The van der Waals surface area contributed by atoms with Crippen LogP contribution in [0.4, 0.5) is 0 Å². The molecule has 0 unspecified atom stereocenters. The van der Waals surface area contributed by atoms with Crippen LogP contribution in [0.2, 0.25) is 0 Å². The summed E-state index contributed by atoms with van der Waals surface area (Å²) in [6, 6.07) is 0. The monoisotopic (exact) mass is 296 g/mol. The van der Waals surface area contributed by atoms with Gasteiger partial charge in [0, 0.05) is 25.7 Å². The molecule has 116 valence electrons. The molecule has 0 rings (SSSR count). The standard InChI is InChI=1S/C20H24O2/c1-2-3-4-5-6-7-8-9-10-11-12-13-14-15-16-17-18-19-20(21)22/h2-5,8-11,18-19H2,1H3,(H,21,22). The zero-order valence-electron chi connectivity index (χ0n) is 13.4. The van der Waals surface area contributed by atoms with Crippen molar-refractivity contribution in [3.63, 3.8) is 0 Å². The predicted octanol–water partition coefficient (Wildman–Crippen LogP) is 4.01. The first-order valence-corrected chi connectivity index (χ1v) is 7.90. The second kappa shape index (κ2) is 16.8. The number of unbranched alkanes of at least 4 members (excludes halogenated alkanes) is 6. The molecule has 0 aromatic heterocycles. The summed E-state index contributed by atoms with van der Waals surface area (Å²) in [7, 11) is 0. The van der Waals surface area contributed by atoms with Crippen LogP contribution in [0.25, 0.3) is 0 Å². The van der Waals surface area contributed by atoms with Crippen molar-refractivity contribution in [2.24, 2.45) is 0 Å². The minimum atomic E-state index is -0.840. The van der Waals surface area contributed by atoms with E-state index in [0.717, 1.165) is 32.1 Å². The van der Waals surface area contributed by atoms with Crippen LogP contribution in [-0.4, -0.2) is 11.1 Å². The van der Waals surface area contributed by atoms with Gasteiger partial charge in [-0.15, -0.1) is 11.8 Å². The summed E-state index contributed by atoms with van der Waals surface area (Å²) in [5.74, 6) is 21.8. The Hall–Kier alpha value is -2.29. The van der Waals surface area contributed by atoms with E-state index in [1.807, 2.05) is 0 Å². The third-order valence-electron chi connectivity index (χ3n) is 2.71. The summed E-state index contributed by atoms with van der Waals surface area (Å²) in [5.41, 5.74) is 0. The summed E-state index contributed by atoms with van der Waals surface area (Å²) in [6.45, 7) is 2.20. The van der Waals surface area contributed by atoms with E-state index in [0.29, 0.717) is 6.42 Å². The molecular weight excluding hydrogens is 272 g/mol. The molecule has 2 nitrogen and oxygen atoms in total. The first-order valence-electron chi connectivity index (χ1n) is 7.90. The minimum absolute atomic E-state index is 0.0574. The topological polar surface area (TPSA) is 37.3 Å². The molecular formula is C20H24O2. The Morgan fingerprint density at radius 2 is 1.23 bits per heavy atom. The smallest absolute Gasteiger partial charge is 0.304 e. The molecule has 22 heavy (non-hydrogen) atoms. The van der Waals surface area contributed by atoms with Gasteiger partial charge in [0.05, 0.1) is 6.42 Å². The highest BCUT2D eigenvalue weighted by Crippen LogP contribution is 1.99. The molecule has 1 N–H and O–H groups in total. The lowest BCUT2D eigenvalue weighted by molar-refractivity contribution is -0.136. The maximum atomic E-state index is 10.2. The summed E-state index contributed by atoms with van der Waals surface area (Å²) < 4.78 is 0. The van der Waals surface area contributed by atoms with Gasteiger partial charge in [0.15, 0.2) is 0 Å². The zero-order valence-corrected chi connectivity index (χ0v) is 13.4. The van der Waals surface area contributed by atoms with Gasteiger partial charge in [0.1, 0.15) is 0 Å². The van der Waals surface area contributed by atoms with Gasteiger partial charge >= 0.3 is 5.97 Å². The lowest BCUT2D eigenvalue weighted by atomic mass is 10.2. The minimum Gasteiger partial charge on any atom is -0.481 e. The summed E-state index contributed by atoms with van der Waals surface area (Å²) in [6.07, 6.45) is 9.06.